The van der Waals surface area contributed by atoms with Crippen molar-refractivity contribution >= 4 is 0 Å². The van der Waals surface area contributed by atoms with Crippen LogP contribution in [0.15, 0.2) is 60.7 Å². The van der Waals surface area contributed by atoms with Crippen LogP contribution in [-0.2, 0) is 12.8 Å². The summed E-state index contributed by atoms with van der Waals surface area (Å²) in [6, 6.07) is 22.0. The van der Waals surface area contributed by atoms with Gasteiger partial charge in [0.2, 0.25) is 0 Å². The van der Waals surface area contributed by atoms with Crippen molar-refractivity contribution in [1.29, 1.82) is 0 Å². The summed E-state index contributed by atoms with van der Waals surface area (Å²) in [6.07, 6.45) is 3.16. The molecule has 0 heterocycles. The topological polar surface area (TPSA) is 50.1 Å². The van der Waals surface area contributed by atoms with Crippen molar-refractivity contribution in [1.82, 2.24) is 10.6 Å². The first kappa shape index (κ1) is 18.7. The minimum atomic E-state index is 0.314. The molecule has 2 aromatic rings. The van der Waals surface area contributed by atoms with Gasteiger partial charge in [0.1, 0.15) is 0 Å². The fraction of sp³-hybridized carbons (Fsp3) is 0.429. The Balaban J connectivity index is 1.87. The van der Waals surface area contributed by atoms with Crippen LogP contribution in [0, 0.1) is 0 Å². The van der Waals surface area contributed by atoms with Crippen LogP contribution in [0.3, 0.4) is 0 Å². The predicted octanol–water partition coefficient (Wildman–Crippen LogP) is 2.76. The highest BCUT2D eigenvalue weighted by atomic mass is 15.0. The first-order chi connectivity index (χ1) is 11.8. The maximum atomic E-state index is 5.98. The van der Waals surface area contributed by atoms with Crippen LogP contribution in [0.1, 0.15) is 24.5 Å². The summed E-state index contributed by atoms with van der Waals surface area (Å²) in [5, 5.41) is 7.32. The van der Waals surface area contributed by atoms with Gasteiger partial charge in [-0.05, 0) is 36.9 Å². The highest BCUT2D eigenvalue weighted by Gasteiger charge is 2.12. The Bertz CT molecular complexity index is 542. The molecule has 0 bridgehead atoms. The fourth-order valence-electron chi connectivity index (χ4n) is 2.91. The number of hydrogen-bond donors (Lipinski definition) is 3. The number of nitrogens with one attached hydrogen (secondary N) is 2. The van der Waals surface area contributed by atoms with Gasteiger partial charge in [-0.2, -0.15) is 0 Å². The first-order valence-corrected chi connectivity index (χ1v) is 9.06. The molecule has 4 N–H and O–H groups in total. The van der Waals surface area contributed by atoms with Crippen LogP contribution in [0.2, 0.25) is 0 Å². The second kappa shape index (κ2) is 11.0. The Kier molecular flexibility index (Phi) is 8.53. The van der Waals surface area contributed by atoms with Crippen LogP contribution in [-0.4, -0.2) is 31.7 Å². The third-order valence-corrected chi connectivity index (χ3v) is 4.27. The lowest BCUT2D eigenvalue weighted by molar-refractivity contribution is 0.427. The maximum absolute atomic E-state index is 5.98. The zero-order valence-electron chi connectivity index (χ0n) is 14.7. The third kappa shape index (κ3) is 6.83. The molecule has 2 aromatic carbocycles. The van der Waals surface area contributed by atoms with Crippen molar-refractivity contribution in [2.45, 2.75) is 38.3 Å². The van der Waals surface area contributed by atoms with Gasteiger partial charge in [0.05, 0.1) is 0 Å². The van der Waals surface area contributed by atoms with Crippen molar-refractivity contribution < 1.29 is 0 Å². The van der Waals surface area contributed by atoms with Crippen LogP contribution in [0.25, 0.3) is 0 Å². The van der Waals surface area contributed by atoms with Crippen LogP contribution < -0.4 is 16.4 Å². The van der Waals surface area contributed by atoms with Crippen molar-refractivity contribution in [3.05, 3.63) is 71.8 Å². The van der Waals surface area contributed by atoms with Crippen LogP contribution in [0.5, 0.6) is 0 Å². The Morgan fingerprint density at radius 1 is 0.792 bits per heavy atom. The van der Waals surface area contributed by atoms with E-state index >= 15 is 0 Å². The van der Waals surface area contributed by atoms with Gasteiger partial charge in [0.15, 0.2) is 0 Å². The predicted molar refractivity (Wildman–Crippen MR) is 103 cm³/mol. The summed E-state index contributed by atoms with van der Waals surface area (Å²) >= 11 is 0. The molecule has 0 aliphatic rings. The van der Waals surface area contributed by atoms with Crippen LogP contribution >= 0.6 is 0 Å². The first-order valence-electron chi connectivity index (χ1n) is 9.06. The minimum absolute atomic E-state index is 0.314. The molecule has 2 rings (SSSR count). The molecule has 0 radical (unpaired) electrons. The molecule has 3 nitrogen and oxygen atoms in total. The molecule has 0 aromatic heterocycles. The molecule has 2 unspecified atom stereocenters. The normalized spacial score (nSPS) is 13.6. The van der Waals surface area contributed by atoms with E-state index in [4.69, 9.17) is 5.73 Å². The second-order valence-corrected chi connectivity index (χ2v) is 6.37. The average molecular weight is 326 g/mol. The van der Waals surface area contributed by atoms with Crippen LogP contribution in [0.4, 0.5) is 0 Å². The number of nitrogens with two attached hydrogens (primary N) is 1. The maximum Gasteiger partial charge on any atom is 0.0232 e. The molecule has 0 aliphatic carbocycles. The number of benzene rings is 2. The van der Waals surface area contributed by atoms with Crippen molar-refractivity contribution in [2.24, 2.45) is 5.73 Å². The van der Waals surface area contributed by atoms with E-state index in [1.54, 1.807) is 0 Å². The van der Waals surface area contributed by atoms with E-state index in [0.717, 1.165) is 32.4 Å². The number of rotatable bonds is 11. The van der Waals surface area contributed by atoms with Gasteiger partial charge >= 0.3 is 0 Å². The van der Waals surface area contributed by atoms with Gasteiger partial charge in [-0.15, -0.1) is 0 Å². The monoisotopic (exact) mass is 325 g/mol. The Morgan fingerprint density at radius 2 is 1.33 bits per heavy atom. The summed E-state index contributed by atoms with van der Waals surface area (Å²) < 4.78 is 0. The molecule has 0 spiro atoms. The second-order valence-electron chi connectivity index (χ2n) is 6.37. The summed E-state index contributed by atoms with van der Waals surface area (Å²) in [5.74, 6) is 0. The molecule has 0 fully saturated rings. The summed E-state index contributed by atoms with van der Waals surface area (Å²) in [4.78, 5) is 0. The fourth-order valence-corrected chi connectivity index (χ4v) is 2.91. The Hall–Kier alpha value is -1.68. The molecule has 24 heavy (non-hydrogen) atoms. The van der Waals surface area contributed by atoms with Crippen molar-refractivity contribution in [3.8, 4) is 0 Å². The largest absolute Gasteiger partial charge is 0.329 e. The smallest absolute Gasteiger partial charge is 0.0232 e. The number of hydrogen-bond acceptors (Lipinski definition) is 3. The molecule has 0 saturated carbocycles. The van der Waals surface area contributed by atoms with E-state index in [0.29, 0.717) is 18.6 Å². The highest BCUT2D eigenvalue weighted by molar-refractivity contribution is 5.17. The van der Waals surface area contributed by atoms with E-state index in [-0.39, 0.29) is 0 Å². The van der Waals surface area contributed by atoms with E-state index in [2.05, 4.69) is 78.2 Å². The van der Waals surface area contributed by atoms with E-state index in [1.807, 2.05) is 0 Å². The average Bonchev–Trinajstić information content (AvgIpc) is 2.64. The van der Waals surface area contributed by atoms with Gasteiger partial charge in [-0.25, -0.2) is 0 Å². The molecule has 130 valence electrons. The summed E-state index contributed by atoms with van der Waals surface area (Å²) in [5.41, 5.74) is 8.69. The Labute approximate surface area is 146 Å². The quantitative estimate of drug-likeness (QED) is 0.595. The third-order valence-electron chi connectivity index (χ3n) is 4.27. The van der Waals surface area contributed by atoms with E-state index < -0.39 is 0 Å². The summed E-state index contributed by atoms with van der Waals surface area (Å²) in [7, 11) is 0. The molecule has 3 heteroatoms. The molecular weight excluding hydrogens is 294 g/mol. The minimum Gasteiger partial charge on any atom is -0.329 e. The lowest BCUT2D eigenvalue weighted by Crippen LogP contribution is -2.47. The van der Waals surface area contributed by atoms with E-state index in [9.17, 15) is 0 Å². The van der Waals surface area contributed by atoms with Gasteiger partial charge < -0.3 is 16.4 Å². The van der Waals surface area contributed by atoms with Crippen molar-refractivity contribution in [3.63, 3.8) is 0 Å². The SMILES string of the molecule is CCCNC(CNC(CN)Cc1ccccc1)Cc1ccccc1. The molecule has 2 atom stereocenters. The lowest BCUT2D eigenvalue weighted by atomic mass is 10.0. The zero-order valence-corrected chi connectivity index (χ0v) is 14.7. The van der Waals surface area contributed by atoms with Crippen molar-refractivity contribution in [2.75, 3.05) is 19.6 Å². The van der Waals surface area contributed by atoms with Gasteiger partial charge in [0.25, 0.3) is 0 Å². The standard InChI is InChI=1S/C21H31N3/c1-2-13-23-21(15-19-11-7-4-8-12-19)17-24-20(16-22)14-18-9-5-3-6-10-18/h3-12,20-21,23-24H,2,13-17,22H2,1H3. The van der Waals surface area contributed by atoms with Gasteiger partial charge in [-0.1, -0.05) is 67.6 Å². The molecule has 0 aliphatic heterocycles. The summed E-state index contributed by atoms with van der Waals surface area (Å²) in [6.45, 7) is 4.84. The Morgan fingerprint density at radius 3 is 1.83 bits per heavy atom. The molecule has 0 saturated heterocycles. The highest BCUT2D eigenvalue weighted by Crippen LogP contribution is 2.05. The van der Waals surface area contributed by atoms with Gasteiger partial charge in [-0.3, -0.25) is 0 Å². The zero-order chi connectivity index (χ0) is 17.0. The molecule has 0 amide bonds. The molecular formula is C21H31N3. The van der Waals surface area contributed by atoms with Gasteiger partial charge in [0, 0.05) is 25.2 Å². The lowest BCUT2D eigenvalue weighted by Gasteiger charge is -2.23. The van der Waals surface area contributed by atoms with E-state index in [1.165, 1.54) is 11.1 Å².